The van der Waals surface area contributed by atoms with Crippen LogP contribution in [0.2, 0.25) is 0 Å². The van der Waals surface area contributed by atoms with Crippen LogP contribution >= 0.6 is 0 Å². The number of nitrogens with one attached hydrogen (secondary N) is 2. The second-order valence-electron chi connectivity index (χ2n) is 4.78. The van der Waals surface area contributed by atoms with E-state index in [9.17, 15) is 4.79 Å². The fraction of sp³-hybridized carbons (Fsp3) is 0.462. The highest BCUT2D eigenvalue weighted by Crippen LogP contribution is 2.33. The van der Waals surface area contributed by atoms with Gasteiger partial charge in [0.25, 0.3) is 0 Å². The Morgan fingerprint density at radius 3 is 2.69 bits per heavy atom. The number of carbonyl (C=O) groups is 1. The summed E-state index contributed by atoms with van der Waals surface area (Å²) in [6.07, 6.45) is 2.34. The Labute approximate surface area is 96.2 Å². The monoisotopic (exact) mass is 218 g/mol. The number of anilines is 1. The number of hydrogen-bond donors (Lipinski definition) is 2. The molecule has 0 radical (unpaired) electrons. The first-order chi connectivity index (χ1) is 7.59. The number of rotatable bonds is 4. The van der Waals surface area contributed by atoms with Gasteiger partial charge in [0.2, 0.25) is 5.91 Å². The van der Waals surface area contributed by atoms with E-state index in [-0.39, 0.29) is 11.4 Å². The summed E-state index contributed by atoms with van der Waals surface area (Å²) in [4.78, 5) is 11.7. The number of amides is 1. The van der Waals surface area contributed by atoms with Crippen LogP contribution in [0.5, 0.6) is 0 Å². The van der Waals surface area contributed by atoms with Gasteiger partial charge in [-0.2, -0.15) is 0 Å². The highest BCUT2D eigenvalue weighted by atomic mass is 16.1. The van der Waals surface area contributed by atoms with E-state index >= 15 is 0 Å². The molecule has 3 heteroatoms. The molecule has 0 aliphatic heterocycles. The predicted octanol–water partition coefficient (Wildman–Crippen LogP) is 2.08. The summed E-state index contributed by atoms with van der Waals surface area (Å²) in [5, 5.41) is 6.17. The van der Waals surface area contributed by atoms with E-state index in [0.717, 1.165) is 11.3 Å². The molecule has 0 spiro atoms. The van der Waals surface area contributed by atoms with Crippen molar-refractivity contribution in [3.63, 3.8) is 0 Å². The third kappa shape index (κ3) is 2.83. The van der Waals surface area contributed by atoms with Gasteiger partial charge >= 0.3 is 0 Å². The molecule has 1 aliphatic rings. The molecule has 0 aromatic heterocycles. The molecule has 1 aromatic rings. The number of para-hydroxylation sites is 1. The van der Waals surface area contributed by atoms with Crippen LogP contribution < -0.4 is 10.6 Å². The third-order valence-electron chi connectivity index (χ3n) is 3.09. The van der Waals surface area contributed by atoms with Crippen molar-refractivity contribution < 1.29 is 4.79 Å². The number of benzene rings is 1. The molecule has 0 bridgehead atoms. The first kappa shape index (κ1) is 11.1. The minimum Gasteiger partial charge on any atom is -0.325 e. The fourth-order valence-electron chi connectivity index (χ4n) is 1.57. The smallest absolute Gasteiger partial charge is 0.238 e. The van der Waals surface area contributed by atoms with Gasteiger partial charge in [-0.25, -0.2) is 0 Å². The zero-order chi connectivity index (χ0) is 11.6. The number of carbonyl (C=O) groups excluding carboxylic acids is 1. The van der Waals surface area contributed by atoms with Gasteiger partial charge in [-0.3, -0.25) is 4.79 Å². The Bertz CT molecular complexity index is 397. The van der Waals surface area contributed by atoms with Crippen molar-refractivity contribution in [3.05, 3.63) is 29.8 Å². The van der Waals surface area contributed by atoms with Crippen LogP contribution in [0.3, 0.4) is 0 Å². The minimum atomic E-state index is 0.0300. The van der Waals surface area contributed by atoms with Crippen LogP contribution in [-0.4, -0.2) is 18.0 Å². The second kappa shape index (κ2) is 4.26. The topological polar surface area (TPSA) is 41.1 Å². The van der Waals surface area contributed by atoms with Crippen molar-refractivity contribution in [1.82, 2.24) is 5.32 Å². The highest BCUT2D eigenvalue weighted by Gasteiger charge is 2.36. The van der Waals surface area contributed by atoms with E-state index in [1.54, 1.807) is 0 Å². The van der Waals surface area contributed by atoms with E-state index in [4.69, 9.17) is 0 Å². The molecule has 1 fully saturated rings. The van der Waals surface area contributed by atoms with Crippen molar-refractivity contribution in [2.45, 2.75) is 32.2 Å². The molecule has 3 nitrogen and oxygen atoms in total. The van der Waals surface area contributed by atoms with Gasteiger partial charge in [-0.05, 0) is 38.3 Å². The van der Waals surface area contributed by atoms with E-state index < -0.39 is 0 Å². The summed E-state index contributed by atoms with van der Waals surface area (Å²) in [5.74, 6) is 0.0300. The van der Waals surface area contributed by atoms with Crippen molar-refractivity contribution in [3.8, 4) is 0 Å². The first-order valence-electron chi connectivity index (χ1n) is 5.70. The summed E-state index contributed by atoms with van der Waals surface area (Å²) in [7, 11) is 0. The quantitative estimate of drug-likeness (QED) is 0.812. The van der Waals surface area contributed by atoms with Gasteiger partial charge in [0, 0.05) is 11.2 Å². The molecular weight excluding hydrogens is 200 g/mol. The van der Waals surface area contributed by atoms with Crippen molar-refractivity contribution in [2.75, 3.05) is 11.9 Å². The Balaban J connectivity index is 1.85. The maximum atomic E-state index is 11.7. The molecule has 1 saturated carbocycles. The Morgan fingerprint density at radius 1 is 1.38 bits per heavy atom. The lowest BCUT2D eigenvalue weighted by Gasteiger charge is -2.12. The molecule has 16 heavy (non-hydrogen) atoms. The lowest BCUT2D eigenvalue weighted by Crippen LogP contribution is -2.35. The molecule has 0 unspecified atom stereocenters. The molecule has 0 heterocycles. The summed E-state index contributed by atoms with van der Waals surface area (Å²) in [6.45, 7) is 4.53. The predicted molar refractivity (Wildman–Crippen MR) is 65.5 cm³/mol. The Hall–Kier alpha value is -1.35. The maximum absolute atomic E-state index is 11.7. The average molecular weight is 218 g/mol. The summed E-state index contributed by atoms with van der Waals surface area (Å²) in [5.41, 5.74) is 2.20. The molecule has 1 aliphatic carbocycles. The molecule has 0 saturated heterocycles. The normalized spacial score (nSPS) is 16.9. The van der Waals surface area contributed by atoms with Crippen molar-refractivity contribution in [1.29, 1.82) is 0 Å². The number of aryl methyl sites for hydroxylation is 1. The van der Waals surface area contributed by atoms with Gasteiger partial charge in [-0.1, -0.05) is 18.2 Å². The number of hydrogen-bond acceptors (Lipinski definition) is 2. The fourth-order valence-corrected chi connectivity index (χ4v) is 1.57. The molecular formula is C13H18N2O. The van der Waals surface area contributed by atoms with E-state index in [0.29, 0.717) is 6.54 Å². The SMILES string of the molecule is Cc1ccccc1NC(=O)CNC1(C)CC1. The standard InChI is InChI=1S/C13H18N2O/c1-10-5-3-4-6-11(10)15-12(16)9-14-13(2)7-8-13/h3-6,14H,7-9H2,1-2H3,(H,15,16). The largest absolute Gasteiger partial charge is 0.325 e. The summed E-state index contributed by atoms with van der Waals surface area (Å²) >= 11 is 0. The van der Waals surface area contributed by atoms with Crippen molar-refractivity contribution in [2.24, 2.45) is 0 Å². The van der Waals surface area contributed by atoms with Crippen LogP contribution in [0.1, 0.15) is 25.3 Å². The third-order valence-corrected chi connectivity index (χ3v) is 3.09. The van der Waals surface area contributed by atoms with E-state index in [1.165, 1.54) is 12.8 Å². The molecule has 0 atom stereocenters. The average Bonchev–Trinajstić information content (AvgIpc) is 2.98. The summed E-state index contributed by atoms with van der Waals surface area (Å²) in [6, 6.07) is 7.81. The zero-order valence-corrected chi connectivity index (χ0v) is 9.84. The van der Waals surface area contributed by atoms with Crippen LogP contribution in [0.25, 0.3) is 0 Å². The molecule has 2 N–H and O–H groups in total. The molecule has 1 aromatic carbocycles. The van der Waals surface area contributed by atoms with E-state index in [1.807, 2.05) is 31.2 Å². The first-order valence-corrected chi connectivity index (χ1v) is 5.70. The van der Waals surface area contributed by atoms with Crippen LogP contribution in [-0.2, 0) is 4.79 Å². The van der Waals surface area contributed by atoms with Gasteiger partial charge < -0.3 is 10.6 Å². The lowest BCUT2D eigenvalue weighted by molar-refractivity contribution is -0.115. The van der Waals surface area contributed by atoms with Gasteiger partial charge in [0.15, 0.2) is 0 Å². The highest BCUT2D eigenvalue weighted by molar-refractivity contribution is 5.93. The van der Waals surface area contributed by atoms with E-state index in [2.05, 4.69) is 17.6 Å². The Morgan fingerprint density at radius 2 is 2.06 bits per heavy atom. The Kier molecular flexibility index (Phi) is 2.97. The lowest BCUT2D eigenvalue weighted by atomic mass is 10.2. The zero-order valence-electron chi connectivity index (χ0n) is 9.84. The molecule has 1 amide bonds. The van der Waals surface area contributed by atoms with Gasteiger partial charge in [0.05, 0.1) is 6.54 Å². The van der Waals surface area contributed by atoms with Crippen LogP contribution in [0.4, 0.5) is 5.69 Å². The second-order valence-corrected chi connectivity index (χ2v) is 4.78. The molecule has 86 valence electrons. The maximum Gasteiger partial charge on any atom is 0.238 e. The van der Waals surface area contributed by atoms with Gasteiger partial charge in [-0.15, -0.1) is 0 Å². The summed E-state index contributed by atoms with van der Waals surface area (Å²) < 4.78 is 0. The van der Waals surface area contributed by atoms with Gasteiger partial charge in [0.1, 0.15) is 0 Å². The van der Waals surface area contributed by atoms with Crippen LogP contribution in [0, 0.1) is 6.92 Å². The minimum absolute atomic E-state index is 0.0300. The van der Waals surface area contributed by atoms with Crippen molar-refractivity contribution >= 4 is 11.6 Å². The molecule has 2 rings (SSSR count). The van der Waals surface area contributed by atoms with Crippen LogP contribution in [0.15, 0.2) is 24.3 Å².